The summed E-state index contributed by atoms with van der Waals surface area (Å²) >= 11 is 0. The zero-order chi connectivity index (χ0) is 38.8. The van der Waals surface area contributed by atoms with E-state index >= 15 is 0 Å². The fraction of sp³-hybridized carbons (Fsp3) is 0.860. The van der Waals surface area contributed by atoms with Crippen LogP contribution in [0.5, 0.6) is 0 Å². The van der Waals surface area contributed by atoms with Gasteiger partial charge in [-0.25, -0.2) is 9.59 Å². The Morgan fingerprint density at radius 3 is 2.34 bits per heavy atom. The summed E-state index contributed by atoms with van der Waals surface area (Å²) in [4.78, 5) is 54.0. The Bertz CT molecular complexity index is 1360. The molecule has 1 heterocycles. The number of amides is 3. The molecule has 300 valence electrons. The molecule has 3 saturated carbocycles. The van der Waals surface area contributed by atoms with Gasteiger partial charge < -0.3 is 24.4 Å². The summed E-state index contributed by atoms with van der Waals surface area (Å²) in [6, 6.07) is 0. The maximum Gasteiger partial charge on any atom is 0.407 e. The third-order valence-corrected chi connectivity index (χ3v) is 14.2. The number of allylic oxidation sites excluding steroid dienone is 1. The highest BCUT2D eigenvalue weighted by atomic mass is 16.7. The van der Waals surface area contributed by atoms with Crippen molar-refractivity contribution in [1.82, 2.24) is 10.4 Å². The van der Waals surface area contributed by atoms with Crippen LogP contribution >= 0.6 is 0 Å². The molecule has 10 nitrogen and oxygen atoms in total. The van der Waals surface area contributed by atoms with Crippen LogP contribution in [0.1, 0.15) is 152 Å². The van der Waals surface area contributed by atoms with Gasteiger partial charge in [0.25, 0.3) is 11.8 Å². The highest BCUT2D eigenvalue weighted by molar-refractivity contribution is 6.01. The molecule has 0 bridgehead atoms. The SMILES string of the molecule is CC(C)CCCC(C)C1CCC2C3CC=C4C[C@@H](OC(=O)NCCOC(C)(C)CCOC(C)(C)C(=O)ON5C(=O)CCC5=O)CC[C@]4(C)C3CC[C@]12C. The molecule has 5 aliphatic rings. The van der Waals surface area contributed by atoms with Crippen LogP contribution in [0.15, 0.2) is 11.6 Å². The lowest BCUT2D eigenvalue weighted by Crippen LogP contribution is -2.51. The van der Waals surface area contributed by atoms with Gasteiger partial charge in [-0.2, -0.15) is 0 Å². The zero-order valence-electron chi connectivity index (χ0n) is 34.4. The summed E-state index contributed by atoms with van der Waals surface area (Å²) in [6.07, 6.45) is 16.2. The number of rotatable bonds is 16. The average molecular weight is 743 g/mol. The van der Waals surface area contributed by atoms with Crippen LogP contribution in [0, 0.1) is 46.3 Å². The molecule has 1 saturated heterocycles. The van der Waals surface area contributed by atoms with Gasteiger partial charge in [0.15, 0.2) is 5.60 Å². The van der Waals surface area contributed by atoms with Crippen molar-refractivity contribution in [2.45, 2.75) is 170 Å². The van der Waals surface area contributed by atoms with Crippen LogP contribution in [0.3, 0.4) is 0 Å². The van der Waals surface area contributed by atoms with E-state index < -0.39 is 35.1 Å². The number of imide groups is 1. The van der Waals surface area contributed by atoms with Crippen molar-refractivity contribution in [1.29, 1.82) is 0 Å². The normalized spacial score (nSPS) is 32.2. The molecule has 3 amide bonds. The summed E-state index contributed by atoms with van der Waals surface area (Å²) in [5, 5.41) is 3.39. The molecular formula is C43H70N2O8. The minimum Gasteiger partial charge on any atom is -0.446 e. The van der Waals surface area contributed by atoms with Gasteiger partial charge in [0.1, 0.15) is 6.10 Å². The first-order valence-corrected chi connectivity index (χ1v) is 20.9. The number of hydroxylamine groups is 2. The van der Waals surface area contributed by atoms with E-state index in [1.165, 1.54) is 70.8 Å². The van der Waals surface area contributed by atoms with Crippen molar-refractivity contribution >= 4 is 23.9 Å². The number of nitrogens with one attached hydrogen (secondary N) is 1. The van der Waals surface area contributed by atoms with Gasteiger partial charge in [-0.1, -0.05) is 65.5 Å². The lowest BCUT2D eigenvalue weighted by atomic mass is 9.47. The molecule has 0 aromatic heterocycles. The van der Waals surface area contributed by atoms with Gasteiger partial charge in [-0.15, -0.1) is 5.06 Å². The summed E-state index contributed by atoms with van der Waals surface area (Å²) in [5.74, 6) is 2.97. The van der Waals surface area contributed by atoms with Gasteiger partial charge >= 0.3 is 12.1 Å². The highest BCUT2D eigenvalue weighted by Gasteiger charge is 2.59. The van der Waals surface area contributed by atoms with Crippen LogP contribution in [0.25, 0.3) is 0 Å². The van der Waals surface area contributed by atoms with E-state index in [4.69, 9.17) is 19.0 Å². The summed E-state index contributed by atoms with van der Waals surface area (Å²) in [7, 11) is 0. The van der Waals surface area contributed by atoms with E-state index in [9.17, 15) is 19.2 Å². The summed E-state index contributed by atoms with van der Waals surface area (Å²) < 4.78 is 17.7. The van der Waals surface area contributed by atoms with Gasteiger partial charge in [0.05, 0.1) is 18.8 Å². The van der Waals surface area contributed by atoms with Crippen molar-refractivity contribution in [2.24, 2.45) is 46.3 Å². The molecule has 53 heavy (non-hydrogen) atoms. The van der Waals surface area contributed by atoms with Crippen LogP contribution in [-0.4, -0.2) is 66.0 Å². The number of hydrogen-bond acceptors (Lipinski definition) is 8. The second-order valence-corrected chi connectivity index (χ2v) is 19.2. The predicted molar refractivity (Wildman–Crippen MR) is 203 cm³/mol. The van der Waals surface area contributed by atoms with Crippen molar-refractivity contribution in [3.63, 3.8) is 0 Å². The van der Waals surface area contributed by atoms with E-state index in [2.05, 4.69) is 46.0 Å². The lowest BCUT2D eigenvalue weighted by Gasteiger charge is -2.58. The van der Waals surface area contributed by atoms with Crippen molar-refractivity contribution < 1.29 is 38.2 Å². The molecule has 0 aromatic rings. The first-order chi connectivity index (χ1) is 24.9. The summed E-state index contributed by atoms with van der Waals surface area (Å²) in [6.45, 7) is 20.1. The second-order valence-electron chi connectivity index (χ2n) is 19.2. The molecule has 1 aliphatic heterocycles. The van der Waals surface area contributed by atoms with E-state index in [0.717, 1.165) is 54.8 Å². The largest absolute Gasteiger partial charge is 0.446 e. The van der Waals surface area contributed by atoms with Crippen LogP contribution < -0.4 is 5.32 Å². The number of carbonyl (C=O) groups is 4. The first kappa shape index (κ1) is 41.7. The van der Waals surface area contributed by atoms with Crippen molar-refractivity contribution in [2.75, 3.05) is 19.8 Å². The number of nitrogens with zero attached hydrogens (tertiary/aromatic N) is 1. The van der Waals surface area contributed by atoms with E-state index in [0.29, 0.717) is 30.1 Å². The fourth-order valence-corrected chi connectivity index (χ4v) is 11.0. The maximum absolute atomic E-state index is 12.8. The van der Waals surface area contributed by atoms with Crippen molar-refractivity contribution in [3.8, 4) is 0 Å². The van der Waals surface area contributed by atoms with E-state index in [1.807, 2.05) is 13.8 Å². The zero-order valence-corrected chi connectivity index (χ0v) is 34.4. The van der Waals surface area contributed by atoms with Gasteiger partial charge in [-0.3, -0.25) is 9.59 Å². The molecule has 1 N–H and O–H groups in total. The third kappa shape index (κ3) is 9.50. The summed E-state index contributed by atoms with van der Waals surface area (Å²) in [5.41, 5.74) is 0.265. The van der Waals surface area contributed by atoms with E-state index in [-0.39, 0.29) is 31.0 Å². The second kappa shape index (κ2) is 16.7. The standard InChI is InChI=1S/C43H70N2O8/c1-28(2)11-10-12-29(3)33-15-16-34-32-14-13-30-27-31(19-21-42(30,8)35(32)20-22-43(33,34)9)52-39(49)44-24-26-50-40(4,5)23-25-51-41(6,7)38(48)53-45-36(46)17-18-37(45)47/h13,28-29,31-35H,10-12,14-27H2,1-9H3,(H,44,49)/t29?,31-,32?,33?,34?,35?,42-,43+/m0/s1. The number of alkyl carbamates (subject to hydrolysis) is 1. The first-order valence-electron chi connectivity index (χ1n) is 20.9. The highest BCUT2D eigenvalue weighted by Crippen LogP contribution is 2.67. The number of hydrogen-bond donors (Lipinski definition) is 1. The molecule has 10 heteroatoms. The Kier molecular flexibility index (Phi) is 13.2. The minimum atomic E-state index is -1.36. The Hall–Kier alpha value is -2.46. The lowest BCUT2D eigenvalue weighted by molar-refractivity contribution is -0.212. The topological polar surface area (TPSA) is 120 Å². The maximum atomic E-state index is 12.8. The fourth-order valence-electron chi connectivity index (χ4n) is 11.0. The molecule has 5 unspecified atom stereocenters. The van der Waals surface area contributed by atoms with Crippen LogP contribution in [-0.2, 0) is 33.4 Å². The third-order valence-electron chi connectivity index (χ3n) is 14.2. The number of carbonyl (C=O) groups excluding carboxylic acids is 4. The molecule has 8 atom stereocenters. The Morgan fingerprint density at radius 2 is 1.64 bits per heavy atom. The van der Waals surface area contributed by atoms with Crippen molar-refractivity contribution in [3.05, 3.63) is 11.6 Å². The Labute approximate surface area is 319 Å². The molecule has 5 rings (SSSR count). The van der Waals surface area contributed by atoms with Gasteiger partial charge in [-0.05, 0) is 125 Å². The van der Waals surface area contributed by atoms with E-state index in [1.54, 1.807) is 0 Å². The predicted octanol–water partition coefficient (Wildman–Crippen LogP) is 8.71. The van der Waals surface area contributed by atoms with Gasteiger partial charge in [0.2, 0.25) is 0 Å². The molecule has 0 aromatic carbocycles. The smallest absolute Gasteiger partial charge is 0.407 e. The Morgan fingerprint density at radius 1 is 0.925 bits per heavy atom. The van der Waals surface area contributed by atoms with Gasteiger partial charge in [0, 0.05) is 25.8 Å². The molecule has 4 aliphatic carbocycles. The Balaban J connectivity index is 1.02. The average Bonchev–Trinajstić information content (AvgIpc) is 3.60. The quantitative estimate of drug-likeness (QED) is 0.0948. The van der Waals surface area contributed by atoms with Crippen LogP contribution in [0.2, 0.25) is 0 Å². The molecule has 4 fully saturated rings. The molecule has 0 radical (unpaired) electrons. The number of fused-ring (bicyclic) bond motifs is 5. The molecule has 0 spiro atoms. The monoisotopic (exact) mass is 743 g/mol. The minimum absolute atomic E-state index is 0.0312. The van der Waals surface area contributed by atoms with Crippen LogP contribution in [0.4, 0.5) is 4.79 Å². The number of ether oxygens (including phenoxy) is 3. The molecular weight excluding hydrogens is 672 g/mol.